The number of amides is 1. The summed E-state index contributed by atoms with van der Waals surface area (Å²) in [5.74, 6) is 0.258. The molecule has 0 aromatic rings. The van der Waals surface area contributed by atoms with Crippen LogP contribution >= 0.6 is 0 Å². The average Bonchev–Trinajstić information content (AvgIpc) is 2.69. The number of carbonyl (C=O) groups is 1. The van der Waals surface area contributed by atoms with Crippen molar-refractivity contribution in [1.82, 2.24) is 4.90 Å². The van der Waals surface area contributed by atoms with Crippen molar-refractivity contribution < 1.29 is 14.3 Å². The van der Waals surface area contributed by atoms with Crippen molar-refractivity contribution in [2.75, 3.05) is 26.4 Å². The number of ether oxygens (including phenoxy) is 2. The molecule has 0 aromatic heterocycles. The third kappa shape index (κ3) is 4.10. The minimum Gasteiger partial charge on any atom is -0.379 e. The highest BCUT2D eigenvalue weighted by Crippen LogP contribution is 2.13. The highest BCUT2D eigenvalue weighted by Gasteiger charge is 2.25. The summed E-state index contributed by atoms with van der Waals surface area (Å²) in [5, 5.41) is 0. The second-order valence-electron chi connectivity index (χ2n) is 4.34. The molecule has 2 atom stereocenters. The number of carbonyl (C=O) groups excluding carboxylic acids is 1. The van der Waals surface area contributed by atoms with Crippen molar-refractivity contribution in [3.8, 4) is 0 Å². The van der Waals surface area contributed by atoms with Crippen LogP contribution in [0.3, 0.4) is 0 Å². The first-order chi connectivity index (χ1) is 7.65. The van der Waals surface area contributed by atoms with Gasteiger partial charge >= 0.3 is 0 Å². The largest absolute Gasteiger partial charge is 0.379 e. The van der Waals surface area contributed by atoms with Gasteiger partial charge in [-0.2, -0.15) is 0 Å². The smallest absolute Gasteiger partial charge is 0.222 e. The zero-order valence-corrected chi connectivity index (χ0v) is 10.6. The van der Waals surface area contributed by atoms with Crippen molar-refractivity contribution in [1.29, 1.82) is 0 Å². The normalized spacial score (nSPS) is 20.2. The van der Waals surface area contributed by atoms with Crippen molar-refractivity contribution in [2.24, 2.45) is 0 Å². The Balaban J connectivity index is 2.18. The third-order valence-corrected chi connectivity index (χ3v) is 2.82. The van der Waals surface area contributed by atoms with Crippen molar-refractivity contribution in [3.05, 3.63) is 0 Å². The first kappa shape index (κ1) is 13.5. The predicted octanol–water partition coefficient (Wildman–Crippen LogP) is 1.44. The van der Waals surface area contributed by atoms with Gasteiger partial charge in [-0.1, -0.05) is 0 Å². The van der Waals surface area contributed by atoms with Crippen LogP contribution in [-0.2, 0) is 14.3 Å². The Labute approximate surface area is 97.9 Å². The summed E-state index contributed by atoms with van der Waals surface area (Å²) in [4.78, 5) is 13.4. The zero-order chi connectivity index (χ0) is 12.0. The minimum absolute atomic E-state index is 0.0973. The molecule has 1 heterocycles. The number of rotatable bonds is 7. The maximum absolute atomic E-state index is 11.5. The van der Waals surface area contributed by atoms with Crippen LogP contribution in [0.25, 0.3) is 0 Å². The second kappa shape index (κ2) is 6.86. The quantitative estimate of drug-likeness (QED) is 0.663. The molecule has 0 N–H and O–H groups in total. The number of nitrogens with zero attached hydrogens (tertiary/aromatic N) is 1. The molecule has 94 valence electrons. The summed E-state index contributed by atoms with van der Waals surface area (Å²) in [6.07, 6.45) is 1.77. The summed E-state index contributed by atoms with van der Waals surface area (Å²) in [5.41, 5.74) is 0. The van der Waals surface area contributed by atoms with Gasteiger partial charge in [0.05, 0.1) is 25.4 Å². The lowest BCUT2D eigenvalue weighted by Crippen LogP contribution is -2.38. The molecule has 0 bridgehead atoms. The molecule has 1 amide bonds. The maximum Gasteiger partial charge on any atom is 0.222 e. The van der Waals surface area contributed by atoms with Crippen LogP contribution in [0.15, 0.2) is 0 Å². The lowest BCUT2D eigenvalue weighted by atomic mass is 10.3. The van der Waals surface area contributed by atoms with Gasteiger partial charge in [-0.15, -0.1) is 0 Å². The van der Waals surface area contributed by atoms with Gasteiger partial charge in [0, 0.05) is 19.6 Å². The van der Waals surface area contributed by atoms with Gasteiger partial charge in [0.25, 0.3) is 0 Å². The van der Waals surface area contributed by atoms with E-state index in [9.17, 15) is 4.79 Å². The van der Waals surface area contributed by atoms with Crippen LogP contribution in [0.4, 0.5) is 0 Å². The Morgan fingerprint density at radius 2 is 2.12 bits per heavy atom. The Morgan fingerprint density at radius 1 is 1.38 bits per heavy atom. The summed E-state index contributed by atoms with van der Waals surface area (Å²) in [6, 6.07) is 0.180. The van der Waals surface area contributed by atoms with E-state index in [1.165, 1.54) is 0 Å². The fourth-order valence-corrected chi connectivity index (χ4v) is 1.86. The highest BCUT2D eigenvalue weighted by atomic mass is 16.5. The van der Waals surface area contributed by atoms with Gasteiger partial charge in [-0.3, -0.25) is 4.79 Å². The van der Waals surface area contributed by atoms with Gasteiger partial charge in [-0.05, 0) is 27.2 Å². The van der Waals surface area contributed by atoms with E-state index in [0.717, 1.165) is 13.0 Å². The molecule has 1 aliphatic heterocycles. The van der Waals surface area contributed by atoms with Gasteiger partial charge in [-0.25, -0.2) is 0 Å². The molecule has 4 heteroatoms. The van der Waals surface area contributed by atoms with Gasteiger partial charge in [0.2, 0.25) is 5.91 Å². The SMILES string of the molecule is CCOCC(C)OCC(C)N1CCCC1=O. The first-order valence-corrected chi connectivity index (χ1v) is 6.14. The minimum atomic E-state index is 0.0973. The molecule has 1 rings (SSSR count). The van der Waals surface area contributed by atoms with Crippen LogP contribution in [-0.4, -0.2) is 49.3 Å². The molecular weight excluding hydrogens is 206 g/mol. The topological polar surface area (TPSA) is 38.8 Å². The third-order valence-electron chi connectivity index (χ3n) is 2.82. The average molecular weight is 229 g/mol. The van der Waals surface area contributed by atoms with Crippen LogP contribution in [0.2, 0.25) is 0 Å². The molecule has 0 aliphatic carbocycles. The van der Waals surface area contributed by atoms with Crippen LogP contribution in [0, 0.1) is 0 Å². The monoisotopic (exact) mass is 229 g/mol. The van der Waals surface area contributed by atoms with Crippen LogP contribution < -0.4 is 0 Å². The van der Waals surface area contributed by atoms with E-state index in [-0.39, 0.29) is 18.1 Å². The fourth-order valence-electron chi connectivity index (χ4n) is 1.86. The number of hydrogen-bond donors (Lipinski definition) is 0. The number of hydrogen-bond acceptors (Lipinski definition) is 3. The fraction of sp³-hybridized carbons (Fsp3) is 0.917. The first-order valence-electron chi connectivity index (χ1n) is 6.14. The lowest BCUT2D eigenvalue weighted by molar-refractivity contribution is -0.131. The molecule has 1 fully saturated rings. The van der Waals surface area contributed by atoms with E-state index in [1.807, 2.05) is 25.7 Å². The molecule has 0 aromatic carbocycles. The summed E-state index contributed by atoms with van der Waals surface area (Å²) in [6.45, 7) is 8.82. The van der Waals surface area contributed by atoms with Gasteiger partial charge < -0.3 is 14.4 Å². The van der Waals surface area contributed by atoms with Gasteiger partial charge in [0.1, 0.15) is 0 Å². The summed E-state index contributed by atoms with van der Waals surface area (Å²) >= 11 is 0. The molecule has 16 heavy (non-hydrogen) atoms. The van der Waals surface area contributed by atoms with E-state index in [2.05, 4.69) is 0 Å². The summed E-state index contributed by atoms with van der Waals surface area (Å²) < 4.78 is 10.9. The van der Waals surface area contributed by atoms with E-state index >= 15 is 0 Å². The van der Waals surface area contributed by atoms with Crippen molar-refractivity contribution in [2.45, 2.75) is 45.8 Å². The number of likely N-dealkylation sites (tertiary alicyclic amines) is 1. The zero-order valence-electron chi connectivity index (χ0n) is 10.6. The maximum atomic E-state index is 11.5. The molecule has 0 saturated carbocycles. The Morgan fingerprint density at radius 3 is 2.69 bits per heavy atom. The van der Waals surface area contributed by atoms with Crippen LogP contribution in [0.1, 0.15) is 33.6 Å². The standard InChI is InChI=1S/C12H23NO3/c1-4-15-9-11(3)16-8-10(2)13-7-5-6-12(13)14/h10-11H,4-9H2,1-3H3. The molecule has 1 saturated heterocycles. The van der Waals surface area contributed by atoms with E-state index < -0.39 is 0 Å². The second-order valence-corrected chi connectivity index (χ2v) is 4.34. The lowest BCUT2D eigenvalue weighted by Gasteiger charge is -2.25. The molecule has 1 aliphatic rings. The Bertz CT molecular complexity index is 220. The Kier molecular flexibility index (Phi) is 5.77. The summed E-state index contributed by atoms with van der Waals surface area (Å²) in [7, 11) is 0. The van der Waals surface area contributed by atoms with E-state index in [1.54, 1.807) is 0 Å². The molecular formula is C12H23NO3. The predicted molar refractivity (Wildman–Crippen MR) is 62.3 cm³/mol. The van der Waals surface area contributed by atoms with Crippen molar-refractivity contribution in [3.63, 3.8) is 0 Å². The van der Waals surface area contributed by atoms with E-state index in [0.29, 0.717) is 26.2 Å². The molecule has 0 spiro atoms. The van der Waals surface area contributed by atoms with Crippen LogP contribution in [0.5, 0.6) is 0 Å². The Hall–Kier alpha value is -0.610. The van der Waals surface area contributed by atoms with Gasteiger partial charge in [0.15, 0.2) is 0 Å². The molecule has 2 unspecified atom stereocenters. The highest BCUT2D eigenvalue weighted by molar-refractivity contribution is 5.78. The molecule has 0 radical (unpaired) electrons. The van der Waals surface area contributed by atoms with E-state index in [4.69, 9.17) is 9.47 Å². The molecule has 4 nitrogen and oxygen atoms in total. The van der Waals surface area contributed by atoms with Crippen molar-refractivity contribution >= 4 is 5.91 Å².